The number of hydrogen-bond donors (Lipinski definition) is 3. The fourth-order valence-electron chi connectivity index (χ4n) is 6.49. The molecule has 6 heteroatoms. The second kappa shape index (κ2) is 11.9. The summed E-state index contributed by atoms with van der Waals surface area (Å²) in [4.78, 5) is 18.7. The molecule has 1 aliphatic rings. The van der Waals surface area contributed by atoms with Gasteiger partial charge in [-0.15, -0.1) is 0 Å². The Morgan fingerprint density at radius 2 is 1.95 bits per heavy atom. The van der Waals surface area contributed by atoms with E-state index in [-0.39, 0.29) is 17.6 Å². The monoisotopic (exact) mass is 541 g/mol. The van der Waals surface area contributed by atoms with Gasteiger partial charge in [0.05, 0.1) is 11.6 Å². The van der Waals surface area contributed by atoms with E-state index >= 15 is 4.39 Å². The van der Waals surface area contributed by atoms with E-state index in [0.717, 1.165) is 53.3 Å². The summed E-state index contributed by atoms with van der Waals surface area (Å²) in [5, 5.41) is 13.5. The molecule has 0 spiro atoms. The van der Waals surface area contributed by atoms with Crippen molar-refractivity contribution in [1.29, 1.82) is 0 Å². The summed E-state index contributed by atoms with van der Waals surface area (Å²) in [7, 11) is 0. The molecule has 1 amide bonds. The first kappa shape index (κ1) is 28.1. The van der Waals surface area contributed by atoms with Gasteiger partial charge in [-0.1, -0.05) is 74.9 Å². The lowest BCUT2D eigenvalue weighted by Crippen LogP contribution is -2.52. The van der Waals surface area contributed by atoms with E-state index in [1.165, 1.54) is 6.07 Å². The molecule has 1 aliphatic heterocycles. The maximum absolute atomic E-state index is 15.5. The van der Waals surface area contributed by atoms with Crippen LogP contribution in [0.1, 0.15) is 56.2 Å². The smallest absolute Gasteiger partial charge is 0.239 e. The number of likely N-dealkylation sites (tertiary alicyclic amines) is 1. The third-order valence-electron chi connectivity index (χ3n) is 8.58. The molecular formula is C34H40FN3O2. The molecule has 40 heavy (non-hydrogen) atoms. The molecule has 5 nitrogen and oxygen atoms in total. The van der Waals surface area contributed by atoms with Crippen molar-refractivity contribution >= 4 is 16.8 Å². The highest BCUT2D eigenvalue weighted by atomic mass is 19.1. The number of nitrogens with one attached hydrogen (secondary N) is 1. The van der Waals surface area contributed by atoms with Gasteiger partial charge in [-0.05, 0) is 66.5 Å². The number of amides is 1. The number of aryl methyl sites for hydroxylation is 1. The molecule has 4 aromatic rings. The Bertz CT molecular complexity index is 1480. The minimum Gasteiger partial charge on any atom is -0.385 e. The number of aromatic amines is 1. The lowest BCUT2D eigenvalue weighted by molar-refractivity contribution is -0.138. The Morgan fingerprint density at radius 1 is 1.15 bits per heavy atom. The molecule has 1 saturated heterocycles. The molecule has 3 aromatic carbocycles. The fraction of sp³-hybridized carbons (Fsp3) is 0.382. The van der Waals surface area contributed by atoms with Crippen LogP contribution >= 0.6 is 0 Å². The van der Waals surface area contributed by atoms with E-state index in [1.807, 2.05) is 72.6 Å². The number of para-hydroxylation sites is 1. The predicted octanol–water partition coefficient (Wildman–Crippen LogP) is 6.33. The quantitative estimate of drug-likeness (QED) is 0.232. The van der Waals surface area contributed by atoms with E-state index < -0.39 is 11.6 Å². The van der Waals surface area contributed by atoms with Gasteiger partial charge >= 0.3 is 0 Å². The van der Waals surface area contributed by atoms with Crippen LogP contribution in [-0.2, 0) is 23.2 Å². The number of carbonyl (C=O) groups excluding carboxylic acids is 1. The Kier molecular flexibility index (Phi) is 8.38. The number of nitrogens with two attached hydrogens (primary N) is 1. The molecule has 2 heterocycles. The third-order valence-corrected chi connectivity index (χ3v) is 8.58. The second-order valence-corrected chi connectivity index (χ2v) is 11.2. The predicted molar refractivity (Wildman–Crippen MR) is 159 cm³/mol. The molecule has 0 radical (unpaired) electrons. The van der Waals surface area contributed by atoms with E-state index in [4.69, 9.17) is 5.73 Å². The average molecular weight is 542 g/mol. The zero-order valence-electron chi connectivity index (χ0n) is 23.5. The number of halogens is 1. The molecule has 4 N–H and O–H groups in total. The van der Waals surface area contributed by atoms with Crippen LogP contribution in [0.5, 0.6) is 0 Å². The standard InChI is InChI=1S/C34H40FN3O2/c1-3-17-34(40,28-14-8-15-29(35)32(28)24-11-7-10-23(4-2)19-24)26-12-9-18-38(22-26)33(39)30(36)20-25-21-37-31-16-6-5-13-27(25)31/h5-8,10-11,13-16,19,21,26,30,37,40H,3-4,9,12,17-18,20,22,36H2,1-2H3/t26?,30-,34?/m0/s1. The summed E-state index contributed by atoms with van der Waals surface area (Å²) in [5.41, 5.74) is 10.2. The van der Waals surface area contributed by atoms with Gasteiger partial charge in [0.15, 0.2) is 0 Å². The van der Waals surface area contributed by atoms with Crippen molar-refractivity contribution in [3.8, 4) is 11.1 Å². The molecule has 1 aromatic heterocycles. The first-order valence-electron chi connectivity index (χ1n) is 14.6. The Morgan fingerprint density at radius 3 is 2.75 bits per heavy atom. The maximum Gasteiger partial charge on any atom is 0.239 e. The van der Waals surface area contributed by atoms with Gasteiger partial charge in [-0.3, -0.25) is 4.79 Å². The van der Waals surface area contributed by atoms with Crippen LogP contribution in [-0.4, -0.2) is 40.0 Å². The van der Waals surface area contributed by atoms with Gasteiger partial charge in [0.2, 0.25) is 5.91 Å². The van der Waals surface area contributed by atoms with Crippen LogP contribution in [0.4, 0.5) is 4.39 Å². The molecule has 0 saturated carbocycles. The van der Waals surface area contributed by atoms with Crippen molar-refractivity contribution in [3.05, 3.63) is 95.4 Å². The van der Waals surface area contributed by atoms with Gasteiger partial charge in [0.1, 0.15) is 5.82 Å². The van der Waals surface area contributed by atoms with Crippen LogP contribution in [0, 0.1) is 11.7 Å². The zero-order chi connectivity index (χ0) is 28.3. The number of H-pyrrole nitrogens is 1. The first-order valence-corrected chi connectivity index (χ1v) is 14.6. The summed E-state index contributed by atoms with van der Waals surface area (Å²) >= 11 is 0. The van der Waals surface area contributed by atoms with Crippen molar-refractivity contribution in [1.82, 2.24) is 9.88 Å². The largest absolute Gasteiger partial charge is 0.385 e. The first-order chi connectivity index (χ1) is 19.4. The molecular weight excluding hydrogens is 501 g/mol. The van der Waals surface area contributed by atoms with Crippen molar-refractivity contribution in [2.24, 2.45) is 11.7 Å². The number of rotatable bonds is 9. The number of piperidine rings is 1. The van der Waals surface area contributed by atoms with Crippen LogP contribution in [0.25, 0.3) is 22.0 Å². The summed E-state index contributed by atoms with van der Waals surface area (Å²) < 4.78 is 15.5. The van der Waals surface area contributed by atoms with Crippen LogP contribution in [0.3, 0.4) is 0 Å². The highest BCUT2D eigenvalue weighted by molar-refractivity contribution is 5.86. The summed E-state index contributed by atoms with van der Waals surface area (Å²) in [6.07, 6.45) is 5.92. The van der Waals surface area contributed by atoms with Crippen molar-refractivity contribution in [2.45, 2.75) is 64.0 Å². The van der Waals surface area contributed by atoms with Gasteiger partial charge in [0.25, 0.3) is 0 Å². The van der Waals surface area contributed by atoms with Crippen LogP contribution in [0.2, 0.25) is 0 Å². The van der Waals surface area contributed by atoms with Gasteiger partial charge in [0, 0.05) is 41.7 Å². The Balaban J connectivity index is 1.42. The van der Waals surface area contributed by atoms with E-state index in [1.54, 1.807) is 6.07 Å². The number of nitrogens with zero attached hydrogens (tertiary/aromatic N) is 1. The number of aromatic nitrogens is 1. The lowest BCUT2D eigenvalue weighted by Gasteiger charge is -2.44. The molecule has 3 atom stereocenters. The summed E-state index contributed by atoms with van der Waals surface area (Å²) in [5.74, 6) is -0.686. The fourth-order valence-corrected chi connectivity index (χ4v) is 6.49. The number of benzene rings is 3. The molecule has 0 aliphatic carbocycles. The minimum atomic E-state index is -1.28. The zero-order valence-corrected chi connectivity index (χ0v) is 23.5. The molecule has 2 unspecified atom stereocenters. The number of hydrogen-bond acceptors (Lipinski definition) is 3. The van der Waals surface area contributed by atoms with Crippen LogP contribution < -0.4 is 5.73 Å². The summed E-state index contributed by atoms with van der Waals surface area (Å²) in [6.45, 7) is 5.10. The SMILES string of the molecule is CCCC(O)(c1cccc(F)c1-c1cccc(CC)c1)C1CCCN(C(=O)[C@@H](N)Cc2c[nH]c3ccccc23)C1. The van der Waals surface area contributed by atoms with E-state index in [0.29, 0.717) is 37.1 Å². The maximum atomic E-state index is 15.5. The summed E-state index contributed by atoms with van der Waals surface area (Å²) in [6, 6.07) is 20.2. The van der Waals surface area contributed by atoms with Gasteiger partial charge < -0.3 is 20.7 Å². The third kappa shape index (κ3) is 5.43. The highest BCUT2D eigenvalue weighted by Gasteiger charge is 2.43. The normalized spacial score (nSPS) is 18.0. The Hall–Kier alpha value is -3.48. The number of aliphatic hydroxyl groups is 1. The molecule has 0 bridgehead atoms. The topological polar surface area (TPSA) is 82.3 Å². The van der Waals surface area contributed by atoms with Crippen molar-refractivity contribution in [3.63, 3.8) is 0 Å². The molecule has 1 fully saturated rings. The average Bonchev–Trinajstić information content (AvgIpc) is 3.39. The minimum absolute atomic E-state index is 0.107. The molecule has 210 valence electrons. The van der Waals surface area contributed by atoms with E-state index in [9.17, 15) is 9.90 Å². The number of fused-ring (bicyclic) bond motifs is 1. The second-order valence-electron chi connectivity index (χ2n) is 11.2. The highest BCUT2D eigenvalue weighted by Crippen LogP contribution is 2.44. The van der Waals surface area contributed by atoms with Crippen molar-refractivity contribution < 1.29 is 14.3 Å². The van der Waals surface area contributed by atoms with Gasteiger partial charge in [-0.2, -0.15) is 0 Å². The lowest BCUT2D eigenvalue weighted by atomic mass is 9.72. The number of carbonyl (C=O) groups is 1. The van der Waals surface area contributed by atoms with Gasteiger partial charge in [-0.25, -0.2) is 4.39 Å². The molecule has 5 rings (SSSR count). The Labute approximate surface area is 236 Å². The van der Waals surface area contributed by atoms with E-state index in [2.05, 4.69) is 11.9 Å². The van der Waals surface area contributed by atoms with Crippen LogP contribution in [0.15, 0.2) is 72.9 Å². The van der Waals surface area contributed by atoms with Crippen molar-refractivity contribution in [2.75, 3.05) is 13.1 Å².